The molecule has 8 heteroatoms. The van der Waals surface area contributed by atoms with Crippen molar-refractivity contribution in [3.63, 3.8) is 0 Å². The molecular weight excluding hydrogens is 248 g/mol. The highest BCUT2D eigenvalue weighted by molar-refractivity contribution is 6.03. The first-order chi connectivity index (χ1) is 8.99. The van der Waals surface area contributed by atoms with Gasteiger partial charge in [-0.25, -0.2) is 0 Å². The van der Waals surface area contributed by atoms with Crippen LogP contribution in [0, 0.1) is 6.92 Å². The van der Waals surface area contributed by atoms with E-state index in [1.165, 1.54) is 0 Å². The van der Waals surface area contributed by atoms with Gasteiger partial charge in [0.15, 0.2) is 0 Å². The van der Waals surface area contributed by atoms with Gasteiger partial charge in [0.05, 0.1) is 0 Å². The van der Waals surface area contributed by atoms with Crippen LogP contribution in [0.25, 0.3) is 0 Å². The zero-order valence-corrected chi connectivity index (χ0v) is 10.1. The van der Waals surface area contributed by atoms with E-state index in [-0.39, 0.29) is 11.8 Å². The highest BCUT2D eigenvalue weighted by Gasteiger charge is 2.14. The van der Waals surface area contributed by atoms with Crippen molar-refractivity contribution in [2.75, 3.05) is 11.1 Å². The first-order valence-corrected chi connectivity index (χ1v) is 5.37. The van der Waals surface area contributed by atoms with Gasteiger partial charge in [0.1, 0.15) is 0 Å². The molecule has 0 aliphatic carbocycles. The van der Waals surface area contributed by atoms with Crippen LogP contribution in [0.5, 0.6) is 0 Å². The number of H-pyrrole nitrogens is 1. The molecule has 19 heavy (non-hydrogen) atoms. The maximum Gasteiger partial charge on any atom is 0.293 e. The van der Waals surface area contributed by atoms with Gasteiger partial charge in [0, 0.05) is 11.3 Å². The van der Waals surface area contributed by atoms with E-state index in [1.54, 1.807) is 25.1 Å². The summed E-state index contributed by atoms with van der Waals surface area (Å²) in [4.78, 5) is 26.7. The lowest BCUT2D eigenvalue weighted by Crippen LogP contribution is -2.17. The van der Waals surface area contributed by atoms with Crippen molar-refractivity contribution in [2.45, 2.75) is 6.92 Å². The lowest BCUT2D eigenvalue weighted by Gasteiger charge is -2.09. The molecule has 0 fully saturated rings. The molecule has 2 amide bonds. The molecule has 0 saturated carbocycles. The zero-order valence-electron chi connectivity index (χ0n) is 10.1. The number of primary amides is 1. The molecule has 2 rings (SSSR count). The van der Waals surface area contributed by atoms with Gasteiger partial charge in [-0.3, -0.25) is 14.7 Å². The summed E-state index contributed by atoms with van der Waals surface area (Å²) < 4.78 is 0. The average Bonchev–Trinajstić information content (AvgIpc) is 2.78. The predicted molar refractivity (Wildman–Crippen MR) is 68.4 cm³/mol. The van der Waals surface area contributed by atoms with Crippen molar-refractivity contribution >= 4 is 23.5 Å². The minimum atomic E-state index is -0.558. The topological polar surface area (TPSA) is 140 Å². The molecule has 0 saturated heterocycles. The van der Waals surface area contributed by atoms with E-state index in [4.69, 9.17) is 11.5 Å². The maximum absolute atomic E-state index is 11.8. The van der Waals surface area contributed by atoms with E-state index in [1.807, 2.05) is 0 Å². The predicted octanol–water partition coefficient (Wildman–Crippen LogP) is 0.0465. The summed E-state index contributed by atoms with van der Waals surface area (Å²) in [7, 11) is 0. The molecule has 2 aromatic rings. The number of nitrogens with zero attached hydrogens (tertiary/aromatic N) is 2. The number of nitrogens with two attached hydrogens (primary N) is 2. The summed E-state index contributed by atoms with van der Waals surface area (Å²) >= 11 is 0. The Morgan fingerprint density at radius 3 is 2.68 bits per heavy atom. The van der Waals surface area contributed by atoms with Gasteiger partial charge in [-0.2, -0.15) is 4.98 Å². The zero-order chi connectivity index (χ0) is 14.0. The van der Waals surface area contributed by atoms with Crippen LogP contribution >= 0.6 is 0 Å². The van der Waals surface area contributed by atoms with Gasteiger partial charge in [0.2, 0.25) is 17.7 Å². The minimum absolute atomic E-state index is 0.0126. The van der Waals surface area contributed by atoms with Crippen molar-refractivity contribution in [1.29, 1.82) is 0 Å². The number of nitrogens with one attached hydrogen (secondary N) is 2. The third-order valence-corrected chi connectivity index (χ3v) is 2.57. The second-order valence-corrected chi connectivity index (χ2v) is 3.84. The summed E-state index contributed by atoms with van der Waals surface area (Å²) in [6.45, 7) is 1.68. The summed E-state index contributed by atoms with van der Waals surface area (Å²) in [5, 5.41) is 8.55. The number of carbonyl (C=O) groups is 2. The molecule has 0 aliphatic rings. The van der Waals surface area contributed by atoms with E-state index in [0.29, 0.717) is 16.8 Å². The van der Waals surface area contributed by atoms with Gasteiger partial charge in [-0.1, -0.05) is 6.07 Å². The number of aromatic amines is 1. The van der Waals surface area contributed by atoms with Crippen LogP contribution in [0.3, 0.4) is 0 Å². The van der Waals surface area contributed by atoms with Gasteiger partial charge in [-0.05, 0) is 24.6 Å². The first-order valence-electron chi connectivity index (χ1n) is 5.37. The Kier molecular flexibility index (Phi) is 3.15. The molecule has 1 aromatic heterocycles. The van der Waals surface area contributed by atoms with E-state index in [0.717, 1.165) is 0 Å². The van der Waals surface area contributed by atoms with E-state index < -0.39 is 11.8 Å². The molecule has 0 unspecified atom stereocenters. The molecule has 0 aliphatic heterocycles. The second kappa shape index (κ2) is 4.77. The van der Waals surface area contributed by atoms with Crippen molar-refractivity contribution in [1.82, 2.24) is 15.2 Å². The molecule has 98 valence electrons. The Labute approximate surface area is 108 Å². The number of aromatic nitrogens is 3. The van der Waals surface area contributed by atoms with Crippen LogP contribution in [0.1, 0.15) is 26.5 Å². The number of benzene rings is 1. The van der Waals surface area contributed by atoms with Crippen LogP contribution in [0.15, 0.2) is 18.2 Å². The Morgan fingerprint density at radius 1 is 1.37 bits per heavy atom. The number of carbonyl (C=O) groups excluding carboxylic acids is 2. The summed E-state index contributed by atoms with van der Waals surface area (Å²) in [6, 6.07) is 4.86. The molecular formula is C11H12N6O2. The lowest BCUT2D eigenvalue weighted by atomic mass is 10.1. The van der Waals surface area contributed by atoms with Crippen molar-refractivity contribution in [2.24, 2.45) is 5.73 Å². The lowest BCUT2D eigenvalue weighted by molar-refractivity contribution is 0.0994. The Hall–Kier alpha value is -2.90. The van der Waals surface area contributed by atoms with Gasteiger partial charge in [-0.15, -0.1) is 5.10 Å². The van der Waals surface area contributed by atoms with Crippen LogP contribution in [0.2, 0.25) is 0 Å². The molecule has 0 spiro atoms. The average molecular weight is 260 g/mol. The van der Waals surface area contributed by atoms with Crippen molar-refractivity contribution < 1.29 is 9.59 Å². The molecule has 1 aromatic carbocycles. The van der Waals surface area contributed by atoms with Gasteiger partial charge >= 0.3 is 0 Å². The van der Waals surface area contributed by atoms with E-state index in [2.05, 4.69) is 20.5 Å². The third kappa shape index (κ3) is 2.51. The fourth-order valence-corrected chi connectivity index (χ4v) is 1.60. The van der Waals surface area contributed by atoms with Crippen LogP contribution in [0.4, 0.5) is 11.6 Å². The summed E-state index contributed by atoms with van der Waals surface area (Å²) in [6.07, 6.45) is 0. The van der Waals surface area contributed by atoms with Crippen LogP contribution in [-0.4, -0.2) is 27.0 Å². The van der Waals surface area contributed by atoms with E-state index >= 15 is 0 Å². The summed E-state index contributed by atoms with van der Waals surface area (Å²) in [5.74, 6) is -1.10. The SMILES string of the molecule is Cc1c(NC(=O)c2nc(N)n[nH]2)cccc1C(N)=O. The molecule has 0 radical (unpaired) electrons. The molecule has 8 nitrogen and oxygen atoms in total. The Morgan fingerprint density at radius 2 is 2.11 bits per heavy atom. The quantitative estimate of drug-likeness (QED) is 0.617. The number of rotatable bonds is 3. The molecule has 0 atom stereocenters. The smallest absolute Gasteiger partial charge is 0.293 e. The van der Waals surface area contributed by atoms with Crippen molar-refractivity contribution in [3.8, 4) is 0 Å². The maximum atomic E-state index is 11.8. The Bertz CT molecular complexity index is 648. The third-order valence-electron chi connectivity index (χ3n) is 2.57. The number of hydrogen-bond donors (Lipinski definition) is 4. The second-order valence-electron chi connectivity index (χ2n) is 3.84. The van der Waals surface area contributed by atoms with Gasteiger partial charge < -0.3 is 16.8 Å². The fourth-order valence-electron chi connectivity index (χ4n) is 1.60. The highest BCUT2D eigenvalue weighted by Crippen LogP contribution is 2.19. The fraction of sp³-hybridized carbons (Fsp3) is 0.0909. The number of hydrogen-bond acceptors (Lipinski definition) is 5. The normalized spacial score (nSPS) is 10.2. The van der Waals surface area contributed by atoms with Crippen LogP contribution < -0.4 is 16.8 Å². The van der Waals surface area contributed by atoms with Gasteiger partial charge in [0.25, 0.3) is 5.91 Å². The first kappa shape index (κ1) is 12.6. The van der Waals surface area contributed by atoms with Crippen molar-refractivity contribution in [3.05, 3.63) is 35.2 Å². The largest absolute Gasteiger partial charge is 0.366 e. The number of amides is 2. The van der Waals surface area contributed by atoms with Crippen LogP contribution in [-0.2, 0) is 0 Å². The highest BCUT2D eigenvalue weighted by atomic mass is 16.2. The minimum Gasteiger partial charge on any atom is -0.366 e. The Balaban J connectivity index is 2.27. The van der Waals surface area contributed by atoms with E-state index in [9.17, 15) is 9.59 Å². The molecule has 1 heterocycles. The monoisotopic (exact) mass is 260 g/mol. The molecule has 6 N–H and O–H groups in total. The standard InChI is InChI=1S/C11H12N6O2/c1-5-6(8(12)18)3-2-4-7(5)14-10(19)9-15-11(13)17-16-9/h2-4H,1H3,(H2,12,18)(H,14,19)(H3,13,15,16,17). The molecule has 0 bridgehead atoms. The summed E-state index contributed by atoms with van der Waals surface area (Å²) in [5.41, 5.74) is 11.9. The number of anilines is 2. The number of nitrogen functional groups attached to an aromatic ring is 1.